The molecular formula is C16H13ClF3NO3. The Morgan fingerprint density at radius 1 is 1.17 bits per heavy atom. The Labute approximate surface area is 140 Å². The van der Waals surface area contributed by atoms with Gasteiger partial charge in [-0.2, -0.15) is 13.2 Å². The number of benzene rings is 1. The Hall–Kier alpha value is -2.02. The summed E-state index contributed by atoms with van der Waals surface area (Å²) < 4.78 is 38.4. The maximum absolute atomic E-state index is 12.8. The third-order valence-electron chi connectivity index (χ3n) is 4.60. The molecule has 1 saturated carbocycles. The van der Waals surface area contributed by atoms with Crippen molar-refractivity contribution >= 4 is 29.2 Å². The molecule has 1 fully saturated rings. The minimum Gasteiger partial charge on any atom is -0.481 e. The van der Waals surface area contributed by atoms with Gasteiger partial charge in [-0.15, -0.1) is 0 Å². The highest BCUT2D eigenvalue weighted by molar-refractivity contribution is 6.33. The second-order valence-electron chi connectivity index (χ2n) is 6.02. The van der Waals surface area contributed by atoms with Gasteiger partial charge in [0, 0.05) is 0 Å². The molecule has 0 aromatic heterocycles. The number of carboxylic acids is 1. The molecule has 1 amide bonds. The number of aliphatic carboxylic acids is 1. The molecule has 8 heteroatoms. The van der Waals surface area contributed by atoms with E-state index in [9.17, 15) is 27.9 Å². The van der Waals surface area contributed by atoms with Crippen molar-refractivity contribution in [1.29, 1.82) is 0 Å². The van der Waals surface area contributed by atoms with Crippen LogP contribution in [0.15, 0.2) is 30.4 Å². The smallest absolute Gasteiger partial charge is 0.416 e. The number of rotatable bonds is 3. The lowest BCUT2D eigenvalue weighted by molar-refractivity contribution is -0.146. The molecule has 0 unspecified atom stereocenters. The molecule has 1 aromatic rings. The van der Waals surface area contributed by atoms with Gasteiger partial charge < -0.3 is 10.4 Å². The first-order valence-electron chi connectivity index (χ1n) is 7.27. The van der Waals surface area contributed by atoms with E-state index in [1.54, 1.807) is 12.2 Å². The summed E-state index contributed by atoms with van der Waals surface area (Å²) in [5, 5.41) is 11.7. The van der Waals surface area contributed by atoms with E-state index in [2.05, 4.69) is 5.32 Å². The van der Waals surface area contributed by atoms with Crippen LogP contribution in [0.3, 0.4) is 0 Å². The standard InChI is InChI=1S/C16H13ClF3NO3/c17-10-4-3-9(16(18,19)20)6-11(10)21-14(22)12-7-1-2-8(5-7)13(12)15(23)24/h1-4,6-8,12-13H,5H2,(H,21,22)(H,23,24)/t7-,8+,12-,13+/m1/s1. The Kier molecular flexibility index (Phi) is 4.07. The molecule has 4 atom stereocenters. The normalized spacial score (nSPS) is 28.2. The summed E-state index contributed by atoms with van der Waals surface area (Å²) in [7, 11) is 0. The number of hydrogen-bond acceptors (Lipinski definition) is 2. The predicted molar refractivity (Wildman–Crippen MR) is 80.4 cm³/mol. The number of carbonyl (C=O) groups excluding carboxylic acids is 1. The van der Waals surface area contributed by atoms with Crippen LogP contribution in [-0.2, 0) is 15.8 Å². The highest BCUT2D eigenvalue weighted by atomic mass is 35.5. The number of amides is 1. The highest BCUT2D eigenvalue weighted by Gasteiger charge is 2.51. The number of allylic oxidation sites excluding steroid dienone is 2. The largest absolute Gasteiger partial charge is 0.481 e. The summed E-state index contributed by atoms with van der Waals surface area (Å²) >= 11 is 5.86. The van der Waals surface area contributed by atoms with E-state index >= 15 is 0 Å². The van der Waals surface area contributed by atoms with E-state index in [1.807, 2.05) is 0 Å². The van der Waals surface area contributed by atoms with E-state index in [-0.39, 0.29) is 22.5 Å². The number of hydrogen-bond donors (Lipinski definition) is 2. The van der Waals surface area contributed by atoms with Crippen molar-refractivity contribution in [1.82, 2.24) is 0 Å². The van der Waals surface area contributed by atoms with E-state index in [0.29, 0.717) is 6.42 Å². The van der Waals surface area contributed by atoms with E-state index < -0.39 is 35.5 Å². The van der Waals surface area contributed by atoms with Gasteiger partial charge in [0.15, 0.2) is 0 Å². The molecule has 0 spiro atoms. The van der Waals surface area contributed by atoms with Gasteiger partial charge in [-0.3, -0.25) is 9.59 Å². The maximum Gasteiger partial charge on any atom is 0.416 e. The number of fused-ring (bicyclic) bond motifs is 2. The molecule has 0 heterocycles. The van der Waals surface area contributed by atoms with Gasteiger partial charge in [0.2, 0.25) is 5.91 Å². The Balaban J connectivity index is 1.85. The first-order valence-corrected chi connectivity index (χ1v) is 7.65. The van der Waals surface area contributed by atoms with E-state index in [1.165, 1.54) is 0 Å². The number of alkyl halides is 3. The second kappa shape index (κ2) is 5.81. The van der Waals surface area contributed by atoms with Crippen molar-refractivity contribution < 1.29 is 27.9 Å². The maximum atomic E-state index is 12.8. The first kappa shape index (κ1) is 16.8. The van der Waals surface area contributed by atoms with Crippen molar-refractivity contribution in [3.63, 3.8) is 0 Å². The van der Waals surface area contributed by atoms with Crippen molar-refractivity contribution in [3.05, 3.63) is 40.9 Å². The lowest BCUT2D eigenvalue weighted by Crippen LogP contribution is -2.36. The third kappa shape index (κ3) is 2.88. The van der Waals surface area contributed by atoms with Gasteiger partial charge in [0.1, 0.15) is 0 Å². The van der Waals surface area contributed by atoms with Gasteiger partial charge in [-0.05, 0) is 36.5 Å². The lowest BCUT2D eigenvalue weighted by atomic mass is 9.82. The molecule has 24 heavy (non-hydrogen) atoms. The number of halogens is 4. The van der Waals surface area contributed by atoms with Crippen LogP contribution in [0, 0.1) is 23.7 Å². The molecular weight excluding hydrogens is 347 g/mol. The molecule has 2 N–H and O–H groups in total. The Morgan fingerprint density at radius 2 is 1.79 bits per heavy atom. The van der Waals surface area contributed by atoms with Gasteiger partial charge >= 0.3 is 12.1 Å². The molecule has 3 rings (SSSR count). The predicted octanol–water partition coefficient (Wildman–Crippen LogP) is 3.82. The average molecular weight is 360 g/mol. The minimum absolute atomic E-state index is 0.0399. The van der Waals surface area contributed by atoms with Crippen LogP contribution in [0.1, 0.15) is 12.0 Å². The van der Waals surface area contributed by atoms with Crippen LogP contribution < -0.4 is 5.32 Å². The fourth-order valence-electron chi connectivity index (χ4n) is 3.53. The number of carboxylic acid groups (broad SMARTS) is 1. The lowest BCUT2D eigenvalue weighted by Gasteiger charge is -2.24. The van der Waals surface area contributed by atoms with Crippen molar-refractivity contribution in [2.45, 2.75) is 12.6 Å². The summed E-state index contributed by atoms with van der Waals surface area (Å²) in [6, 6.07) is 2.62. The number of anilines is 1. The summed E-state index contributed by atoms with van der Waals surface area (Å²) in [5.41, 5.74) is -1.11. The topological polar surface area (TPSA) is 66.4 Å². The molecule has 2 bridgehead atoms. The Bertz CT molecular complexity index is 732. The van der Waals surface area contributed by atoms with E-state index in [4.69, 9.17) is 11.6 Å². The fourth-order valence-corrected chi connectivity index (χ4v) is 3.69. The van der Waals surface area contributed by atoms with Crippen molar-refractivity contribution in [2.75, 3.05) is 5.32 Å². The van der Waals surface area contributed by atoms with Crippen LogP contribution >= 0.6 is 11.6 Å². The zero-order valence-electron chi connectivity index (χ0n) is 12.2. The summed E-state index contributed by atoms with van der Waals surface area (Å²) in [6.45, 7) is 0. The third-order valence-corrected chi connectivity index (χ3v) is 4.93. The Morgan fingerprint density at radius 3 is 2.38 bits per heavy atom. The molecule has 1 aromatic carbocycles. The van der Waals surface area contributed by atoms with Crippen LogP contribution in [0.2, 0.25) is 5.02 Å². The first-order chi connectivity index (χ1) is 11.2. The van der Waals surface area contributed by atoms with Gasteiger partial charge in [-0.25, -0.2) is 0 Å². The minimum atomic E-state index is -4.57. The van der Waals surface area contributed by atoms with Crippen LogP contribution in [0.25, 0.3) is 0 Å². The zero-order chi connectivity index (χ0) is 17.6. The number of nitrogens with one attached hydrogen (secondary N) is 1. The fraction of sp³-hybridized carbons (Fsp3) is 0.375. The number of carbonyl (C=O) groups is 2. The summed E-state index contributed by atoms with van der Waals surface area (Å²) in [4.78, 5) is 23.9. The monoisotopic (exact) mass is 359 g/mol. The summed E-state index contributed by atoms with van der Waals surface area (Å²) in [5.74, 6) is -3.84. The van der Waals surface area contributed by atoms with Crippen LogP contribution in [0.4, 0.5) is 18.9 Å². The van der Waals surface area contributed by atoms with Gasteiger partial charge in [-0.1, -0.05) is 23.8 Å². The quantitative estimate of drug-likeness (QED) is 0.806. The SMILES string of the molecule is O=C(O)[C@@H]1[C@H](C(=O)Nc2cc(C(F)(F)F)ccc2Cl)[C@@H]2C=C[C@H]1C2. The molecule has 128 valence electrons. The van der Waals surface area contributed by atoms with Crippen molar-refractivity contribution in [2.24, 2.45) is 23.7 Å². The summed E-state index contributed by atoms with van der Waals surface area (Å²) in [6.07, 6.45) is -0.430. The van der Waals surface area contributed by atoms with Crippen LogP contribution in [0.5, 0.6) is 0 Å². The molecule has 0 aliphatic heterocycles. The highest BCUT2D eigenvalue weighted by Crippen LogP contribution is 2.48. The zero-order valence-corrected chi connectivity index (χ0v) is 12.9. The second-order valence-corrected chi connectivity index (χ2v) is 6.43. The van der Waals surface area contributed by atoms with E-state index in [0.717, 1.165) is 18.2 Å². The van der Waals surface area contributed by atoms with Crippen molar-refractivity contribution in [3.8, 4) is 0 Å². The molecule has 2 aliphatic rings. The molecule has 2 aliphatic carbocycles. The molecule has 0 saturated heterocycles. The molecule has 4 nitrogen and oxygen atoms in total. The van der Waals surface area contributed by atoms with Gasteiger partial charge in [0.05, 0.1) is 28.1 Å². The van der Waals surface area contributed by atoms with Gasteiger partial charge in [0.25, 0.3) is 0 Å². The van der Waals surface area contributed by atoms with Crippen LogP contribution in [-0.4, -0.2) is 17.0 Å². The molecule has 0 radical (unpaired) electrons. The average Bonchev–Trinajstić information content (AvgIpc) is 3.08.